The number of nitrogens with zero attached hydrogens (tertiary/aromatic N) is 2. The number of allylic oxidation sites excluding steroid dienone is 3. The number of hydrogen-bond donors (Lipinski definition) is 1. The number of rotatable bonds is 4. The predicted octanol–water partition coefficient (Wildman–Crippen LogP) is 3.51. The Kier molecular flexibility index (Phi) is 4.10. The van der Waals surface area contributed by atoms with Crippen LogP contribution in [0.5, 0.6) is 0 Å². The average molecular weight is 331 g/mol. The second kappa shape index (κ2) is 6.55. The van der Waals surface area contributed by atoms with Gasteiger partial charge >= 0.3 is 0 Å². The van der Waals surface area contributed by atoms with Gasteiger partial charge in [-0.3, -0.25) is 9.79 Å². The monoisotopic (exact) mass is 331 g/mol. The first kappa shape index (κ1) is 15.6. The van der Waals surface area contributed by atoms with Crippen molar-refractivity contribution in [2.75, 3.05) is 11.4 Å². The van der Waals surface area contributed by atoms with Crippen molar-refractivity contribution >= 4 is 17.3 Å². The summed E-state index contributed by atoms with van der Waals surface area (Å²) in [6, 6.07) is 10.5. The van der Waals surface area contributed by atoms with E-state index in [1.807, 2.05) is 12.3 Å². The standard InChI is InChI=1S/C21H21N3O/c1-2-20(25)23-16-9-8-15(14-16)21-18-10-12-22-19(18)11-13-24(21)17-6-4-3-5-7-17/h2-7,10,12,14,16H,1,8-9,11,13H2,(H,23,25). The largest absolute Gasteiger partial charge is 0.346 e. The first-order chi connectivity index (χ1) is 12.3. The summed E-state index contributed by atoms with van der Waals surface area (Å²) < 4.78 is 0. The van der Waals surface area contributed by atoms with E-state index in [-0.39, 0.29) is 11.9 Å². The van der Waals surface area contributed by atoms with E-state index in [2.05, 4.69) is 58.2 Å². The molecule has 4 nitrogen and oxygen atoms in total. The zero-order chi connectivity index (χ0) is 17.2. The minimum absolute atomic E-state index is 0.0684. The number of fused-ring (bicyclic) bond motifs is 1. The Morgan fingerprint density at radius 3 is 2.92 bits per heavy atom. The lowest BCUT2D eigenvalue weighted by Gasteiger charge is -2.34. The third kappa shape index (κ3) is 2.95. The maximum Gasteiger partial charge on any atom is 0.243 e. The molecule has 0 saturated carbocycles. The van der Waals surface area contributed by atoms with Gasteiger partial charge in [-0.15, -0.1) is 0 Å². The molecule has 4 rings (SSSR count). The molecule has 0 radical (unpaired) electrons. The van der Waals surface area contributed by atoms with Gasteiger partial charge in [0.05, 0.1) is 11.4 Å². The van der Waals surface area contributed by atoms with Gasteiger partial charge in [-0.1, -0.05) is 30.9 Å². The third-order valence-electron chi connectivity index (χ3n) is 4.89. The molecule has 1 aromatic carbocycles. The first-order valence-electron chi connectivity index (χ1n) is 8.71. The van der Waals surface area contributed by atoms with E-state index < -0.39 is 0 Å². The van der Waals surface area contributed by atoms with Gasteiger partial charge < -0.3 is 10.2 Å². The molecule has 0 aromatic heterocycles. The van der Waals surface area contributed by atoms with Crippen molar-refractivity contribution in [2.45, 2.75) is 25.3 Å². The quantitative estimate of drug-likeness (QED) is 0.858. The zero-order valence-electron chi connectivity index (χ0n) is 14.1. The van der Waals surface area contributed by atoms with Gasteiger partial charge in [-0.2, -0.15) is 0 Å². The van der Waals surface area contributed by atoms with Gasteiger partial charge in [0.2, 0.25) is 5.91 Å². The molecular weight excluding hydrogens is 310 g/mol. The van der Waals surface area contributed by atoms with E-state index in [0.29, 0.717) is 0 Å². The van der Waals surface area contributed by atoms with Gasteiger partial charge in [0.1, 0.15) is 0 Å². The van der Waals surface area contributed by atoms with Crippen LogP contribution in [-0.2, 0) is 4.79 Å². The highest BCUT2D eigenvalue weighted by molar-refractivity contribution is 6.08. The van der Waals surface area contributed by atoms with Gasteiger partial charge in [0, 0.05) is 36.5 Å². The lowest BCUT2D eigenvalue weighted by Crippen LogP contribution is -2.33. The van der Waals surface area contributed by atoms with E-state index in [0.717, 1.165) is 25.8 Å². The van der Waals surface area contributed by atoms with Gasteiger partial charge in [0.25, 0.3) is 0 Å². The van der Waals surface area contributed by atoms with Crippen LogP contribution in [0, 0.1) is 0 Å². The lowest BCUT2D eigenvalue weighted by atomic mass is 9.95. The Labute approximate surface area is 147 Å². The van der Waals surface area contributed by atoms with Crippen LogP contribution in [0.3, 0.4) is 0 Å². The average Bonchev–Trinajstić information content (AvgIpc) is 3.30. The van der Waals surface area contributed by atoms with Crippen molar-refractivity contribution in [1.29, 1.82) is 0 Å². The number of para-hydroxylation sites is 1. The summed E-state index contributed by atoms with van der Waals surface area (Å²) in [7, 11) is 0. The van der Waals surface area contributed by atoms with Crippen molar-refractivity contribution in [2.24, 2.45) is 4.99 Å². The predicted molar refractivity (Wildman–Crippen MR) is 101 cm³/mol. The minimum Gasteiger partial charge on any atom is -0.346 e. The molecular formula is C21H21N3O. The maximum absolute atomic E-state index is 11.6. The molecule has 1 aromatic rings. The van der Waals surface area contributed by atoms with Crippen LogP contribution in [0.25, 0.3) is 0 Å². The minimum atomic E-state index is -0.119. The zero-order valence-corrected chi connectivity index (χ0v) is 14.1. The summed E-state index contributed by atoms with van der Waals surface area (Å²) in [5.41, 5.74) is 6.11. The molecule has 2 aliphatic heterocycles. The van der Waals surface area contributed by atoms with Crippen molar-refractivity contribution in [3.8, 4) is 0 Å². The van der Waals surface area contributed by atoms with Crippen LogP contribution in [0.1, 0.15) is 19.3 Å². The van der Waals surface area contributed by atoms with Gasteiger partial charge in [-0.25, -0.2) is 0 Å². The fourth-order valence-corrected chi connectivity index (χ4v) is 3.74. The number of carbonyl (C=O) groups excluding carboxylic acids is 1. The summed E-state index contributed by atoms with van der Waals surface area (Å²) in [4.78, 5) is 18.5. The molecule has 1 unspecified atom stereocenters. The van der Waals surface area contributed by atoms with Crippen LogP contribution >= 0.6 is 0 Å². The van der Waals surface area contributed by atoms with Crippen molar-refractivity contribution < 1.29 is 4.79 Å². The molecule has 2 heterocycles. The number of nitrogens with one attached hydrogen (secondary N) is 1. The number of anilines is 1. The Balaban J connectivity index is 1.72. The molecule has 1 N–H and O–H groups in total. The highest BCUT2D eigenvalue weighted by Crippen LogP contribution is 2.37. The lowest BCUT2D eigenvalue weighted by molar-refractivity contribution is -0.116. The van der Waals surface area contributed by atoms with E-state index in [1.54, 1.807) is 0 Å². The molecule has 1 aliphatic carbocycles. The summed E-state index contributed by atoms with van der Waals surface area (Å²) >= 11 is 0. The summed E-state index contributed by atoms with van der Waals surface area (Å²) in [5, 5.41) is 2.99. The molecule has 1 atom stereocenters. The van der Waals surface area contributed by atoms with Gasteiger partial charge in [-0.05, 0) is 42.7 Å². The van der Waals surface area contributed by atoms with E-state index in [4.69, 9.17) is 0 Å². The fraction of sp³-hybridized carbons (Fsp3) is 0.238. The van der Waals surface area contributed by atoms with Crippen molar-refractivity contribution in [1.82, 2.24) is 5.32 Å². The van der Waals surface area contributed by atoms with Crippen molar-refractivity contribution in [3.63, 3.8) is 0 Å². The second-order valence-corrected chi connectivity index (χ2v) is 6.44. The number of benzene rings is 1. The maximum atomic E-state index is 11.6. The smallest absolute Gasteiger partial charge is 0.243 e. The highest BCUT2D eigenvalue weighted by Gasteiger charge is 2.30. The molecule has 0 bridgehead atoms. The molecule has 0 saturated heterocycles. The fourth-order valence-electron chi connectivity index (χ4n) is 3.74. The molecule has 25 heavy (non-hydrogen) atoms. The molecule has 0 spiro atoms. The van der Waals surface area contributed by atoms with Crippen LogP contribution < -0.4 is 10.2 Å². The third-order valence-corrected chi connectivity index (χ3v) is 4.89. The van der Waals surface area contributed by atoms with Crippen molar-refractivity contribution in [3.05, 3.63) is 78.2 Å². The van der Waals surface area contributed by atoms with Crippen LogP contribution in [0.15, 0.2) is 83.2 Å². The summed E-state index contributed by atoms with van der Waals surface area (Å²) in [6.07, 6.45) is 10.3. The van der Waals surface area contributed by atoms with Crippen LogP contribution in [0.4, 0.5) is 5.69 Å². The van der Waals surface area contributed by atoms with E-state index >= 15 is 0 Å². The Hall–Kier alpha value is -2.88. The molecule has 0 fully saturated rings. The SMILES string of the molecule is C=CC(=O)NC1C=C(C2=C3C=CN=C3CCN2c2ccccc2)CC1. The van der Waals surface area contributed by atoms with Crippen LogP contribution in [0.2, 0.25) is 0 Å². The first-order valence-corrected chi connectivity index (χ1v) is 8.71. The topological polar surface area (TPSA) is 44.7 Å². The number of aliphatic imine (C=N–C) groups is 1. The van der Waals surface area contributed by atoms with E-state index in [9.17, 15) is 4.79 Å². The molecule has 1 amide bonds. The normalized spacial score (nSPS) is 21.8. The highest BCUT2D eigenvalue weighted by atomic mass is 16.1. The summed E-state index contributed by atoms with van der Waals surface area (Å²) in [5.74, 6) is -0.119. The van der Waals surface area contributed by atoms with Gasteiger partial charge in [0.15, 0.2) is 0 Å². The Bertz CT molecular complexity index is 830. The van der Waals surface area contributed by atoms with Crippen LogP contribution in [-0.4, -0.2) is 24.2 Å². The number of hydrogen-bond acceptors (Lipinski definition) is 3. The Morgan fingerprint density at radius 2 is 2.12 bits per heavy atom. The molecule has 4 heteroatoms. The summed E-state index contributed by atoms with van der Waals surface area (Å²) in [6.45, 7) is 4.45. The second-order valence-electron chi connectivity index (χ2n) is 6.44. The number of amides is 1. The molecule has 126 valence electrons. The molecule has 3 aliphatic rings. The number of carbonyl (C=O) groups is 1. The van der Waals surface area contributed by atoms with E-state index in [1.165, 1.54) is 34.3 Å². The Morgan fingerprint density at radius 1 is 1.28 bits per heavy atom.